The first kappa shape index (κ1) is 29.0. The number of fused-ring (bicyclic) bond motifs is 2. The zero-order valence-electron chi connectivity index (χ0n) is 22.3. The Kier molecular flexibility index (Phi) is 7.32. The summed E-state index contributed by atoms with van der Waals surface area (Å²) in [6.45, 7) is 3.16. The van der Waals surface area contributed by atoms with E-state index < -0.39 is 20.2 Å². The van der Waals surface area contributed by atoms with Crippen molar-refractivity contribution in [1.29, 1.82) is 0 Å². The van der Waals surface area contributed by atoms with E-state index in [1.807, 2.05) is 0 Å². The van der Waals surface area contributed by atoms with E-state index in [0.717, 1.165) is 33.8 Å². The number of aromatic nitrogens is 2. The van der Waals surface area contributed by atoms with Crippen LogP contribution in [0.4, 0.5) is 11.4 Å². The van der Waals surface area contributed by atoms with Crippen LogP contribution in [0, 0.1) is 13.8 Å². The molecule has 0 aliphatic carbocycles. The molecule has 11 nitrogen and oxygen atoms in total. The van der Waals surface area contributed by atoms with Gasteiger partial charge >= 0.3 is 0 Å². The number of hydrogen-bond acceptors (Lipinski definition) is 12. The third kappa shape index (κ3) is 5.78. The van der Waals surface area contributed by atoms with Crippen LogP contribution in [0.25, 0.3) is 41.6 Å². The van der Waals surface area contributed by atoms with Gasteiger partial charge in [-0.15, -0.1) is 27.8 Å². The van der Waals surface area contributed by atoms with Crippen molar-refractivity contribution in [2.24, 2.45) is 10.3 Å². The third-order valence-corrected chi connectivity index (χ3v) is 11.1. The van der Waals surface area contributed by atoms with E-state index in [2.05, 4.69) is 25.7 Å². The third-order valence-electron chi connectivity index (χ3n) is 6.51. The first-order chi connectivity index (χ1) is 20.4. The maximum absolute atomic E-state index is 11.8. The van der Waals surface area contributed by atoms with Crippen LogP contribution in [0.1, 0.15) is 11.1 Å². The van der Waals surface area contributed by atoms with Crippen LogP contribution in [0.2, 0.25) is 0 Å². The molecule has 0 atom stereocenters. The summed E-state index contributed by atoms with van der Waals surface area (Å²) in [5, 5.41) is 9.34. The van der Waals surface area contributed by atoms with E-state index in [4.69, 9.17) is 0 Å². The van der Waals surface area contributed by atoms with Gasteiger partial charge in [0.2, 0.25) is 0 Å². The van der Waals surface area contributed by atoms with Gasteiger partial charge in [-0.3, -0.25) is 5.43 Å². The van der Waals surface area contributed by atoms with Crippen molar-refractivity contribution >= 4 is 74.7 Å². The maximum Gasteiger partial charge on any atom is 0.126 e. The fourth-order valence-corrected chi connectivity index (χ4v) is 9.08. The number of aryl methyl sites for hydroxylation is 2. The summed E-state index contributed by atoms with van der Waals surface area (Å²) < 4.78 is 71.4. The monoisotopic (exact) mass is 649 g/mol. The van der Waals surface area contributed by atoms with Gasteiger partial charge in [0, 0.05) is 11.1 Å². The highest BCUT2D eigenvalue weighted by molar-refractivity contribution is 7.86. The van der Waals surface area contributed by atoms with Crippen LogP contribution in [-0.4, -0.2) is 35.9 Å². The molecule has 218 valence electrons. The van der Waals surface area contributed by atoms with Crippen molar-refractivity contribution in [3.05, 3.63) is 83.9 Å². The topological polar surface area (TPSA) is 177 Å². The molecule has 15 heteroatoms. The molecule has 0 aliphatic heterocycles. The fourth-order valence-electron chi connectivity index (χ4n) is 4.50. The molecule has 1 N–H and O–H groups in total. The lowest BCUT2D eigenvalue weighted by atomic mass is 10.2. The first-order valence-electron chi connectivity index (χ1n) is 12.5. The molecule has 43 heavy (non-hydrogen) atoms. The molecule has 0 saturated carbocycles. The van der Waals surface area contributed by atoms with Crippen molar-refractivity contribution in [3.63, 3.8) is 0 Å². The highest BCUT2D eigenvalue weighted by Gasteiger charge is 2.17. The Morgan fingerprint density at radius 3 is 1.53 bits per heavy atom. The van der Waals surface area contributed by atoms with Gasteiger partial charge in [0.15, 0.2) is 0 Å². The minimum atomic E-state index is -4.65. The number of anilines is 1. The fraction of sp³-hybridized carbons (Fsp3) is 0.0714. The summed E-state index contributed by atoms with van der Waals surface area (Å²) in [6, 6.07) is 20.7. The van der Waals surface area contributed by atoms with Gasteiger partial charge in [-0.1, -0.05) is 17.4 Å². The lowest BCUT2D eigenvalue weighted by molar-refractivity contribution is 0.461. The molecule has 0 unspecified atom stereocenters. The van der Waals surface area contributed by atoms with Crippen LogP contribution in [0.5, 0.6) is 0 Å². The molecule has 6 aromatic rings. The molecule has 0 fully saturated rings. The van der Waals surface area contributed by atoms with Gasteiger partial charge in [-0.05, 0) is 85.6 Å². The average molecular weight is 650 g/mol. The average Bonchev–Trinajstić information content (AvgIpc) is 3.56. The molecule has 0 amide bonds. The Labute approximate surface area is 254 Å². The second-order valence-electron chi connectivity index (χ2n) is 9.50. The largest absolute Gasteiger partial charge is 0.744 e. The van der Waals surface area contributed by atoms with E-state index >= 15 is 0 Å². The smallest absolute Gasteiger partial charge is 0.126 e. The Bertz CT molecular complexity index is 2280. The van der Waals surface area contributed by atoms with Gasteiger partial charge in [-0.2, -0.15) is 0 Å². The molecular weight excluding hydrogens is 631 g/mol. The van der Waals surface area contributed by atoms with Crippen molar-refractivity contribution in [3.8, 4) is 21.1 Å². The Morgan fingerprint density at radius 2 is 1.09 bits per heavy atom. The van der Waals surface area contributed by atoms with Crippen LogP contribution in [0.3, 0.4) is 0 Å². The minimum absolute atomic E-state index is 0.237. The molecule has 0 bridgehead atoms. The van der Waals surface area contributed by atoms with Gasteiger partial charge in [0.25, 0.3) is 0 Å². The standard InChI is InChI=1S/C28H21N5O6S4/c1-15-3-13-21-23(25(15)42(34,35)36)40-27(29-21)17-5-9-19(10-6-17)31-33-32-20-11-7-18(8-12-20)28-30-22-14-4-16(2)26(24(22)41-28)43(37,38)39/h3-14H,1-2H3,(H,31,32)(H,34,35,36)(H,37,38,39)/p-2. The summed E-state index contributed by atoms with van der Waals surface area (Å²) in [5.41, 5.74) is 7.20. The summed E-state index contributed by atoms with van der Waals surface area (Å²) in [6.07, 6.45) is 0. The SMILES string of the molecule is Cc1ccc2nc(-c3ccc(N=NNc4ccc(-c5nc6ccc(C)c(S(=O)(=O)[O-])c6s5)cc4)cc3)sc2c1S(=O)(=O)[O-]. The molecule has 6 rings (SSSR count). The number of rotatable bonds is 7. The molecule has 2 heterocycles. The predicted molar refractivity (Wildman–Crippen MR) is 164 cm³/mol. The number of nitrogens with one attached hydrogen (secondary N) is 1. The van der Waals surface area contributed by atoms with E-state index in [0.29, 0.717) is 53.0 Å². The summed E-state index contributed by atoms with van der Waals surface area (Å²) in [5.74, 6) is 0. The molecule has 0 saturated heterocycles. The summed E-state index contributed by atoms with van der Waals surface area (Å²) >= 11 is 2.29. The van der Waals surface area contributed by atoms with Crippen molar-refractivity contribution in [2.75, 3.05) is 5.43 Å². The van der Waals surface area contributed by atoms with Crippen molar-refractivity contribution in [2.45, 2.75) is 23.6 Å². The zero-order valence-corrected chi connectivity index (χ0v) is 25.6. The second-order valence-corrected chi connectivity index (χ2v) is 14.1. The van der Waals surface area contributed by atoms with Gasteiger partial charge in [-0.25, -0.2) is 26.8 Å². The highest BCUT2D eigenvalue weighted by atomic mass is 32.2. The Morgan fingerprint density at radius 1 is 0.651 bits per heavy atom. The molecule has 2 aromatic heterocycles. The lowest BCUT2D eigenvalue weighted by Gasteiger charge is -2.10. The molecular formula is C28H19N5O6S4-2. The van der Waals surface area contributed by atoms with Crippen molar-refractivity contribution in [1.82, 2.24) is 9.97 Å². The number of thiazole rings is 2. The van der Waals surface area contributed by atoms with E-state index in [9.17, 15) is 25.9 Å². The molecule has 0 aliphatic rings. The normalized spacial score (nSPS) is 12.5. The van der Waals surface area contributed by atoms with Crippen molar-refractivity contribution < 1.29 is 25.9 Å². The van der Waals surface area contributed by atoms with Crippen LogP contribution in [0.15, 0.2) is 92.9 Å². The maximum atomic E-state index is 11.8. The molecule has 0 radical (unpaired) electrons. The zero-order chi connectivity index (χ0) is 30.5. The number of hydrogen-bond donors (Lipinski definition) is 1. The van der Waals surface area contributed by atoms with Crippen LogP contribution in [-0.2, 0) is 20.2 Å². The van der Waals surface area contributed by atoms with Crippen LogP contribution >= 0.6 is 22.7 Å². The van der Waals surface area contributed by atoms with E-state index in [1.54, 1.807) is 86.6 Å². The van der Waals surface area contributed by atoms with Gasteiger partial charge in [0.05, 0.1) is 41.6 Å². The first-order valence-corrected chi connectivity index (χ1v) is 16.9. The second kappa shape index (κ2) is 10.9. The summed E-state index contributed by atoms with van der Waals surface area (Å²) in [7, 11) is -9.29. The predicted octanol–water partition coefficient (Wildman–Crippen LogP) is 6.78. The quantitative estimate of drug-likeness (QED) is 0.111. The summed E-state index contributed by atoms with van der Waals surface area (Å²) in [4.78, 5) is 8.52. The molecule has 4 aromatic carbocycles. The number of nitrogens with zero attached hydrogens (tertiary/aromatic N) is 4. The lowest BCUT2D eigenvalue weighted by Crippen LogP contribution is -2.01. The van der Waals surface area contributed by atoms with E-state index in [-0.39, 0.29) is 9.79 Å². The number of benzene rings is 4. The van der Waals surface area contributed by atoms with Gasteiger partial charge in [0.1, 0.15) is 30.3 Å². The Balaban J connectivity index is 1.16. The Hall–Kier alpha value is -4.12. The highest BCUT2D eigenvalue weighted by Crippen LogP contribution is 2.37. The van der Waals surface area contributed by atoms with Gasteiger partial charge < -0.3 is 9.11 Å². The van der Waals surface area contributed by atoms with E-state index in [1.165, 1.54) is 0 Å². The van der Waals surface area contributed by atoms with Crippen LogP contribution < -0.4 is 5.43 Å². The molecule has 0 spiro atoms. The minimum Gasteiger partial charge on any atom is -0.744 e.